The van der Waals surface area contributed by atoms with E-state index in [1.54, 1.807) is 0 Å². The van der Waals surface area contributed by atoms with E-state index in [0.29, 0.717) is 24.7 Å². The van der Waals surface area contributed by atoms with Crippen LogP contribution in [0.15, 0.2) is 24.3 Å². The highest BCUT2D eigenvalue weighted by Gasteiger charge is 2.11. The molecule has 0 aliphatic rings. The Morgan fingerprint density at radius 3 is 2.82 bits per heavy atom. The molecule has 1 rings (SSSR count). The van der Waals surface area contributed by atoms with Crippen molar-refractivity contribution in [3.8, 4) is 0 Å². The predicted molar refractivity (Wildman–Crippen MR) is 72.4 cm³/mol. The molecule has 4 heteroatoms. The molecule has 0 spiro atoms. The molecule has 0 saturated carbocycles. The minimum atomic E-state index is -0.916. The van der Waals surface area contributed by atoms with Crippen LogP contribution in [0.2, 0.25) is 0 Å². The lowest BCUT2D eigenvalue weighted by molar-refractivity contribution is 0.0852. The first-order valence-corrected chi connectivity index (χ1v) is 7.36. The predicted octanol–water partition coefficient (Wildman–Crippen LogP) is 1.61. The molecule has 0 heterocycles. The van der Waals surface area contributed by atoms with Crippen LogP contribution < -0.4 is 5.73 Å². The third kappa shape index (κ3) is 5.44. The highest BCUT2D eigenvalue weighted by atomic mass is 32.2. The van der Waals surface area contributed by atoms with Gasteiger partial charge in [-0.15, -0.1) is 0 Å². The van der Waals surface area contributed by atoms with E-state index in [-0.39, 0.29) is 6.10 Å². The van der Waals surface area contributed by atoms with E-state index in [4.69, 9.17) is 10.5 Å². The van der Waals surface area contributed by atoms with Crippen LogP contribution in [-0.4, -0.2) is 29.2 Å². The number of aryl methyl sites for hydroxylation is 1. The van der Waals surface area contributed by atoms with Gasteiger partial charge in [-0.2, -0.15) is 0 Å². The summed E-state index contributed by atoms with van der Waals surface area (Å²) in [6, 6.07) is 8.10. The third-order valence-electron chi connectivity index (χ3n) is 2.45. The molecule has 2 atom stereocenters. The van der Waals surface area contributed by atoms with Crippen molar-refractivity contribution in [3.05, 3.63) is 35.4 Å². The maximum Gasteiger partial charge on any atom is 0.0812 e. The molecule has 0 amide bonds. The van der Waals surface area contributed by atoms with Gasteiger partial charge in [0.25, 0.3) is 0 Å². The molecule has 0 fully saturated rings. The Bertz CT molecular complexity index is 368. The first-order valence-electron chi connectivity index (χ1n) is 5.88. The molecule has 2 unspecified atom stereocenters. The van der Waals surface area contributed by atoms with Crippen molar-refractivity contribution in [1.82, 2.24) is 0 Å². The minimum Gasteiger partial charge on any atom is -0.376 e. The van der Waals surface area contributed by atoms with Crippen molar-refractivity contribution >= 4 is 10.8 Å². The molecular weight excluding hydrogens is 234 g/mol. The molecule has 1 aromatic carbocycles. The van der Waals surface area contributed by atoms with Crippen LogP contribution in [-0.2, 0) is 21.3 Å². The summed E-state index contributed by atoms with van der Waals surface area (Å²) in [5, 5.41) is 0. The first-order chi connectivity index (χ1) is 8.15. The average Bonchev–Trinajstić information content (AvgIpc) is 2.28. The number of rotatable bonds is 7. The molecule has 96 valence electrons. The number of hydrogen-bond acceptors (Lipinski definition) is 3. The van der Waals surface area contributed by atoms with E-state index < -0.39 is 10.8 Å². The largest absolute Gasteiger partial charge is 0.376 e. The second-order valence-corrected chi connectivity index (χ2v) is 5.55. The molecule has 1 aromatic rings. The van der Waals surface area contributed by atoms with Crippen LogP contribution in [0.4, 0.5) is 0 Å². The molecule has 0 radical (unpaired) electrons. The summed E-state index contributed by atoms with van der Waals surface area (Å²) in [5.41, 5.74) is 7.87. The maximum absolute atomic E-state index is 11.9. The zero-order valence-electron chi connectivity index (χ0n) is 10.5. The average molecular weight is 255 g/mol. The molecule has 0 aliphatic carbocycles. The maximum atomic E-state index is 11.9. The van der Waals surface area contributed by atoms with Gasteiger partial charge in [-0.05, 0) is 19.4 Å². The zero-order chi connectivity index (χ0) is 12.7. The second kappa shape index (κ2) is 7.58. The summed E-state index contributed by atoms with van der Waals surface area (Å²) in [6.45, 7) is 5.00. The SMILES string of the molecule is CCOC(CN)CS(=O)Cc1cccc(C)c1. The highest BCUT2D eigenvalue weighted by Crippen LogP contribution is 2.08. The standard InChI is InChI=1S/C13H21NO2S/c1-3-16-13(8-14)10-17(15)9-12-6-4-5-11(2)7-12/h4-7,13H,3,8-10,14H2,1-2H3. The molecule has 0 bridgehead atoms. The van der Waals surface area contributed by atoms with Crippen LogP contribution in [0, 0.1) is 6.92 Å². The van der Waals surface area contributed by atoms with Crippen molar-refractivity contribution in [1.29, 1.82) is 0 Å². The van der Waals surface area contributed by atoms with Crippen LogP contribution >= 0.6 is 0 Å². The van der Waals surface area contributed by atoms with Gasteiger partial charge in [0.2, 0.25) is 0 Å². The monoisotopic (exact) mass is 255 g/mol. The molecule has 0 aromatic heterocycles. The van der Waals surface area contributed by atoms with Crippen molar-refractivity contribution in [2.45, 2.75) is 25.7 Å². The Balaban J connectivity index is 2.49. The van der Waals surface area contributed by atoms with Gasteiger partial charge < -0.3 is 10.5 Å². The zero-order valence-corrected chi connectivity index (χ0v) is 11.3. The van der Waals surface area contributed by atoms with E-state index in [9.17, 15) is 4.21 Å². The van der Waals surface area contributed by atoms with Gasteiger partial charge in [0.05, 0.1) is 11.9 Å². The summed E-state index contributed by atoms with van der Waals surface area (Å²) in [4.78, 5) is 0. The first kappa shape index (κ1) is 14.4. The van der Waals surface area contributed by atoms with E-state index in [1.807, 2.05) is 32.0 Å². The van der Waals surface area contributed by atoms with Gasteiger partial charge in [0.1, 0.15) is 0 Å². The summed E-state index contributed by atoms with van der Waals surface area (Å²) >= 11 is 0. The lowest BCUT2D eigenvalue weighted by Gasteiger charge is -2.14. The normalized spacial score (nSPS) is 14.5. The lowest BCUT2D eigenvalue weighted by Crippen LogP contribution is -2.29. The fraction of sp³-hybridized carbons (Fsp3) is 0.538. The van der Waals surface area contributed by atoms with Gasteiger partial charge in [0.15, 0.2) is 0 Å². The fourth-order valence-corrected chi connectivity index (χ4v) is 2.99. The van der Waals surface area contributed by atoms with Gasteiger partial charge in [-0.3, -0.25) is 4.21 Å². The van der Waals surface area contributed by atoms with Crippen molar-refractivity contribution < 1.29 is 8.95 Å². The fourth-order valence-electron chi connectivity index (χ4n) is 1.67. The van der Waals surface area contributed by atoms with Crippen LogP contribution in [0.3, 0.4) is 0 Å². The molecule has 0 saturated heterocycles. The van der Waals surface area contributed by atoms with E-state index in [2.05, 4.69) is 6.07 Å². The number of benzene rings is 1. The van der Waals surface area contributed by atoms with Gasteiger partial charge >= 0.3 is 0 Å². The summed E-state index contributed by atoms with van der Waals surface area (Å²) in [7, 11) is -0.916. The Morgan fingerprint density at radius 1 is 1.47 bits per heavy atom. The summed E-state index contributed by atoms with van der Waals surface area (Å²) < 4.78 is 17.3. The second-order valence-electron chi connectivity index (χ2n) is 4.05. The van der Waals surface area contributed by atoms with E-state index >= 15 is 0 Å². The molecule has 3 nitrogen and oxygen atoms in total. The highest BCUT2D eigenvalue weighted by molar-refractivity contribution is 7.84. The Labute approximate surface area is 106 Å². The Hall–Kier alpha value is -0.710. The van der Waals surface area contributed by atoms with E-state index in [1.165, 1.54) is 5.56 Å². The lowest BCUT2D eigenvalue weighted by atomic mass is 10.2. The smallest absolute Gasteiger partial charge is 0.0812 e. The van der Waals surface area contributed by atoms with E-state index in [0.717, 1.165) is 5.56 Å². The molecular formula is C13H21NO2S. The number of hydrogen-bond donors (Lipinski definition) is 1. The van der Waals surface area contributed by atoms with Crippen molar-refractivity contribution in [2.75, 3.05) is 18.9 Å². The molecule has 17 heavy (non-hydrogen) atoms. The molecule has 0 aliphatic heterocycles. The number of ether oxygens (including phenoxy) is 1. The topological polar surface area (TPSA) is 52.3 Å². The summed E-state index contributed by atoms with van der Waals surface area (Å²) in [5.74, 6) is 1.09. The summed E-state index contributed by atoms with van der Waals surface area (Å²) in [6.07, 6.45) is -0.0920. The van der Waals surface area contributed by atoms with Gasteiger partial charge in [0, 0.05) is 29.7 Å². The molecule has 2 N–H and O–H groups in total. The third-order valence-corrected chi connectivity index (χ3v) is 3.85. The Morgan fingerprint density at radius 2 is 2.24 bits per heavy atom. The quantitative estimate of drug-likeness (QED) is 0.805. The minimum absolute atomic E-state index is 0.0920. The number of nitrogens with two attached hydrogens (primary N) is 1. The van der Waals surface area contributed by atoms with Crippen LogP contribution in [0.1, 0.15) is 18.1 Å². The van der Waals surface area contributed by atoms with Gasteiger partial charge in [-0.1, -0.05) is 29.8 Å². The van der Waals surface area contributed by atoms with Crippen LogP contribution in [0.5, 0.6) is 0 Å². The van der Waals surface area contributed by atoms with Crippen molar-refractivity contribution in [3.63, 3.8) is 0 Å². The Kier molecular flexibility index (Phi) is 6.40. The van der Waals surface area contributed by atoms with Crippen LogP contribution in [0.25, 0.3) is 0 Å². The van der Waals surface area contributed by atoms with Crippen molar-refractivity contribution in [2.24, 2.45) is 5.73 Å². The van der Waals surface area contributed by atoms with Gasteiger partial charge in [-0.25, -0.2) is 0 Å².